The third-order valence-electron chi connectivity index (χ3n) is 1.35. The zero-order valence-corrected chi connectivity index (χ0v) is 9.04. The number of nitrogens with zero attached hydrogens (tertiary/aromatic N) is 1. The predicted molar refractivity (Wildman–Crippen MR) is 55.6 cm³/mol. The maximum atomic E-state index is 10.7. The van der Waals surface area contributed by atoms with Crippen LogP contribution in [0, 0.1) is 0 Å². The highest BCUT2D eigenvalue weighted by atomic mass is 32.2. The van der Waals surface area contributed by atoms with Crippen molar-refractivity contribution in [2.24, 2.45) is 4.99 Å². The van der Waals surface area contributed by atoms with Gasteiger partial charge in [0.1, 0.15) is 0 Å². The van der Waals surface area contributed by atoms with Gasteiger partial charge < -0.3 is 5.32 Å². The van der Waals surface area contributed by atoms with Crippen molar-refractivity contribution in [1.82, 2.24) is 10.0 Å². The average molecular weight is 223 g/mol. The molecule has 76 valence electrons. The lowest BCUT2D eigenvalue weighted by Gasteiger charge is -2.04. The summed E-state index contributed by atoms with van der Waals surface area (Å²) in [7, 11) is -3.06. The molecule has 0 bridgehead atoms. The van der Waals surface area contributed by atoms with Gasteiger partial charge in [0.2, 0.25) is 10.0 Å². The van der Waals surface area contributed by atoms with E-state index in [1.165, 1.54) is 0 Å². The molecular formula is C6H13N3O2S2. The standard InChI is InChI=1S/C6H13N3O2S2/c1-13(10,11)9-3-2-7-6-8-4-5-12-6/h9H,2-5H2,1H3,(H,7,8). The lowest BCUT2D eigenvalue weighted by Crippen LogP contribution is -2.32. The normalized spacial score (nSPS) is 17.2. The zero-order chi connectivity index (χ0) is 9.73. The summed E-state index contributed by atoms with van der Waals surface area (Å²) in [5.74, 6) is 1.02. The topological polar surface area (TPSA) is 70.6 Å². The summed E-state index contributed by atoms with van der Waals surface area (Å²) in [5, 5.41) is 3.95. The Morgan fingerprint density at radius 1 is 1.54 bits per heavy atom. The first-order valence-corrected chi connectivity index (χ1v) is 6.81. The van der Waals surface area contributed by atoms with Gasteiger partial charge in [0.15, 0.2) is 5.17 Å². The Bertz CT molecular complexity index is 286. The van der Waals surface area contributed by atoms with Crippen LogP contribution in [0.25, 0.3) is 0 Å². The molecular weight excluding hydrogens is 210 g/mol. The van der Waals surface area contributed by atoms with Crippen molar-refractivity contribution in [1.29, 1.82) is 0 Å². The number of hydrogen-bond donors (Lipinski definition) is 2. The summed E-state index contributed by atoms with van der Waals surface area (Å²) < 4.78 is 23.7. The molecule has 5 nitrogen and oxygen atoms in total. The van der Waals surface area contributed by atoms with Gasteiger partial charge in [-0.2, -0.15) is 0 Å². The Morgan fingerprint density at radius 3 is 2.85 bits per heavy atom. The van der Waals surface area contributed by atoms with Gasteiger partial charge in [-0.25, -0.2) is 13.1 Å². The first-order valence-electron chi connectivity index (χ1n) is 3.94. The number of rotatable bonds is 4. The molecule has 0 aromatic carbocycles. The third kappa shape index (κ3) is 5.12. The van der Waals surface area contributed by atoms with Crippen LogP contribution < -0.4 is 10.0 Å². The van der Waals surface area contributed by atoms with E-state index in [1.807, 2.05) is 0 Å². The minimum Gasteiger partial charge on any atom is -0.364 e. The van der Waals surface area contributed by atoms with Gasteiger partial charge in [0.05, 0.1) is 12.8 Å². The maximum absolute atomic E-state index is 10.7. The van der Waals surface area contributed by atoms with E-state index in [2.05, 4.69) is 15.0 Å². The van der Waals surface area contributed by atoms with Crippen molar-refractivity contribution in [3.8, 4) is 0 Å². The fourth-order valence-electron chi connectivity index (χ4n) is 0.848. The molecule has 1 aliphatic rings. The molecule has 7 heteroatoms. The molecule has 0 aromatic rings. The minimum atomic E-state index is -3.06. The quantitative estimate of drug-likeness (QED) is 0.614. The maximum Gasteiger partial charge on any atom is 0.208 e. The molecule has 0 aromatic heterocycles. The van der Waals surface area contributed by atoms with Crippen molar-refractivity contribution in [3.63, 3.8) is 0 Å². The summed E-state index contributed by atoms with van der Waals surface area (Å²) in [5.41, 5.74) is 0. The zero-order valence-electron chi connectivity index (χ0n) is 7.41. The second-order valence-corrected chi connectivity index (χ2v) is 5.55. The van der Waals surface area contributed by atoms with Crippen LogP contribution in [-0.2, 0) is 10.0 Å². The van der Waals surface area contributed by atoms with E-state index >= 15 is 0 Å². The van der Waals surface area contributed by atoms with Crippen LogP contribution in [0.2, 0.25) is 0 Å². The molecule has 0 fully saturated rings. The summed E-state index contributed by atoms with van der Waals surface area (Å²) in [6, 6.07) is 0. The Morgan fingerprint density at radius 2 is 2.31 bits per heavy atom. The van der Waals surface area contributed by atoms with E-state index in [0.717, 1.165) is 23.7 Å². The Kier molecular flexibility index (Phi) is 4.01. The van der Waals surface area contributed by atoms with Crippen molar-refractivity contribution >= 4 is 27.0 Å². The van der Waals surface area contributed by atoms with E-state index in [0.29, 0.717) is 13.1 Å². The van der Waals surface area contributed by atoms with Gasteiger partial charge in [0.25, 0.3) is 0 Å². The minimum absolute atomic E-state index is 0.401. The summed E-state index contributed by atoms with van der Waals surface area (Å²) >= 11 is 1.66. The SMILES string of the molecule is CS(=O)(=O)NCCNC1=NCCS1. The molecule has 0 saturated heterocycles. The smallest absolute Gasteiger partial charge is 0.208 e. The highest BCUT2D eigenvalue weighted by Gasteiger charge is 2.05. The summed E-state index contributed by atoms with van der Waals surface area (Å²) in [4.78, 5) is 4.16. The number of nitrogens with one attached hydrogen (secondary N) is 2. The Hall–Kier alpha value is -0.270. The number of sulfonamides is 1. The van der Waals surface area contributed by atoms with Crippen molar-refractivity contribution in [2.45, 2.75) is 0 Å². The summed E-state index contributed by atoms with van der Waals surface area (Å²) in [6.45, 7) is 1.84. The van der Waals surface area contributed by atoms with E-state index in [9.17, 15) is 8.42 Å². The molecule has 0 amide bonds. The van der Waals surface area contributed by atoms with Crippen molar-refractivity contribution in [3.05, 3.63) is 0 Å². The highest BCUT2D eigenvalue weighted by Crippen LogP contribution is 2.07. The van der Waals surface area contributed by atoms with Crippen LogP contribution in [0.15, 0.2) is 4.99 Å². The average Bonchev–Trinajstić information content (AvgIpc) is 2.48. The number of amidine groups is 1. The summed E-state index contributed by atoms with van der Waals surface area (Å²) in [6.07, 6.45) is 1.15. The lowest BCUT2D eigenvalue weighted by atomic mass is 10.7. The van der Waals surface area contributed by atoms with Crippen LogP contribution >= 0.6 is 11.8 Å². The molecule has 0 spiro atoms. The van der Waals surface area contributed by atoms with Gasteiger partial charge in [-0.1, -0.05) is 11.8 Å². The van der Waals surface area contributed by atoms with E-state index in [-0.39, 0.29) is 0 Å². The molecule has 2 N–H and O–H groups in total. The second kappa shape index (κ2) is 4.83. The van der Waals surface area contributed by atoms with E-state index in [4.69, 9.17) is 0 Å². The van der Waals surface area contributed by atoms with Gasteiger partial charge in [-0.15, -0.1) is 0 Å². The van der Waals surface area contributed by atoms with Gasteiger partial charge in [-0.05, 0) is 0 Å². The second-order valence-electron chi connectivity index (χ2n) is 2.63. The third-order valence-corrected chi connectivity index (χ3v) is 3.01. The van der Waals surface area contributed by atoms with E-state index in [1.54, 1.807) is 11.8 Å². The molecule has 0 unspecified atom stereocenters. The number of hydrogen-bond acceptors (Lipinski definition) is 5. The molecule has 0 radical (unpaired) electrons. The lowest BCUT2D eigenvalue weighted by molar-refractivity contribution is 0.587. The number of thioether (sulfide) groups is 1. The van der Waals surface area contributed by atoms with Gasteiger partial charge in [0, 0.05) is 18.8 Å². The van der Waals surface area contributed by atoms with Crippen LogP contribution in [0.1, 0.15) is 0 Å². The highest BCUT2D eigenvalue weighted by molar-refractivity contribution is 8.14. The Labute approximate surface area is 82.4 Å². The first kappa shape index (κ1) is 10.8. The molecule has 13 heavy (non-hydrogen) atoms. The molecule has 0 atom stereocenters. The monoisotopic (exact) mass is 223 g/mol. The predicted octanol–water partition coefficient (Wildman–Crippen LogP) is -0.772. The molecule has 1 aliphatic heterocycles. The van der Waals surface area contributed by atoms with E-state index < -0.39 is 10.0 Å². The van der Waals surface area contributed by atoms with Gasteiger partial charge in [-0.3, -0.25) is 4.99 Å². The van der Waals surface area contributed by atoms with Gasteiger partial charge >= 0.3 is 0 Å². The van der Waals surface area contributed by atoms with Crippen LogP contribution in [0.3, 0.4) is 0 Å². The largest absolute Gasteiger partial charge is 0.364 e. The fraction of sp³-hybridized carbons (Fsp3) is 0.833. The molecule has 0 saturated carbocycles. The van der Waals surface area contributed by atoms with Crippen LogP contribution in [0.4, 0.5) is 0 Å². The van der Waals surface area contributed by atoms with Crippen molar-refractivity contribution < 1.29 is 8.42 Å². The first-order chi connectivity index (χ1) is 6.08. The Balaban J connectivity index is 2.07. The molecule has 1 rings (SSSR count). The fourth-order valence-corrected chi connectivity index (χ4v) is 2.08. The number of aliphatic imine (C=N–C) groups is 1. The molecule has 0 aliphatic carbocycles. The van der Waals surface area contributed by atoms with Crippen molar-refractivity contribution in [2.75, 3.05) is 31.6 Å². The molecule has 1 heterocycles. The van der Waals surface area contributed by atoms with Crippen LogP contribution in [0.5, 0.6) is 0 Å². The van der Waals surface area contributed by atoms with Crippen LogP contribution in [-0.4, -0.2) is 45.2 Å².